The van der Waals surface area contributed by atoms with Crippen molar-refractivity contribution in [3.8, 4) is 11.1 Å². The van der Waals surface area contributed by atoms with Gasteiger partial charge in [0.2, 0.25) is 0 Å². The first-order chi connectivity index (χ1) is 15.7. The van der Waals surface area contributed by atoms with Crippen LogP contribution < -0.4 is 5.32 Å². The van der Waals surface area contributed by atoms with Crippen molar-refractivity contribution in [1.29, 1.82) is 0 Å². The molecule has 0 bridgehead atoms. The van der Waals surface area contributed by atoms with E-state index < -0.39 is 42.4 Å². The Morgan fingerprint density at radius 2 is 1.64 bits per heavy atom. The van der Waals surface area contributed by atoms with Crippen LogP contribution >= 0.6 is 0 Å². The number of hydrogen-bond acceptors (Lipinski definition) is 4. The summed E-state index contributed by atoms with van der Waals surface area (Å²) in [5.41, 5.74) is 4.05. The van der Waals surface area contributed by atoms with Gasteiger partial charge in [0.1, 0.15) is 19.2 Å². The molecule has 2 aliphatic rings. The lowest BCUT2D eigenvalue weighted by Gasteiger charge is -2.29. The van der Waals surface area contributed by atoms with Crippen LogP contribution in [0.5, 0.6) is 0 Å². The lowest BCUT2D eigenvalue weighted by Crippen LogP contribution is -2.57. The molecular formula is C24H24F2N2O5. The fourth-order valence-electron chi connectivity index (χ4n) is 4.36. The highest BCUT2D eigenvalue weighted by atomic mass is 19.3. The quantitative estimate of drug-likeness (QED) is 0.632. The summed E-state index contributed by atoms with van der Waals surface area (Å²) in [5, 5.41) is 11.0. The van der Waals surface area contributed by atoms with Gasteiger partial charge in [-0.15, -0.1) is 0 Å². The Kier molecular flexibility index (Phi) is 6.05. The van der Waals surface area contributed by atoms with Gasteiger partial charge in [-0.3, -0.25) is 9.59 Å². The number of amides is 2. The molecule has 0 saturated heterocycles. The molecule has 0 spiro atoms. The number of carboxylic acid groups (broad SMARTS) is 1. The van der Waals surface area contributed by atoms with Gasteiger partial charge in [-0.25, -0.2) is 4.79 Å². The van der Waals surface area contributed by atoms with Gasteiger partial charge in [0, 0.05) is 13.0 Å². The molecule has 1 saturated carbocycles. The van der Waals surface area contributed by atoms with Crippen LogP contribution in [-0.4, -0.2) is 60.1 Å². The van der Waals surface area contributed by atoms with Gasteiger partial charge in [-0.05, 0) is 41.0 Å². The Hall–Kier alpha value is -3.49. The van der Waals surface area contributed by atoms with Gasteiger partial charge >= 0.3 is 18.0 Å². The van der Waals surface area contributed by atoms with Crippen LogP contribution in [0, 0.1) is 5.92 Å². The molecule has 7 nitrogen and oxygen atoms in total. The average molecular weight is 458 g/mol. The van der Waals surface area contributed by atoms with E-state index in [9.17, 15) is 23.2 Å². The fourth-order valence-corrected chi connectivity index (χ4v) is 4.36. The van der Waals surface area contributed by atoms with Gasteiger partial charge in [0.05, 0.1) is 0 Å². The van der Waals surface area contributed by atoms with Gasteiger partial charge in [-0.1, -0.05) is 48.5 Å². The number of aliphatic carboxylic acids is 1. The molecule has 2 aromatic carbocycles. The number of likely N-dealkylation sites (N-methyl/N-ethyl adjacent to an activating group) is 1. The maximum absolute atomic E-state index is 14.9. The molecule has 1 unspecified atom stereocenters. The second-order valence-electron chi connectivity index (χ2n) is 8.46. The van der Waals surface area contributed by atoms with Crippen LogP contribution in [-0.2, 0) is 14.3 Å². The third-order valence-corrected chi connectivity index (χ3v) is 6.11. The molecule has 0 aliphatic heterocycles. The maximum atomic E-state index is 14.9. The monoisotopic (exact) mass is 458 g/mol. The normalized spacial score (nSPS) is 15.8. The van der Waals surface area contributed by atoms with Crippen molar-refractivity contribution in [3.63, 3.8) is 0 Å². The predicted molar refractivity (Wildman–Crippen MR) is 115 cm³/mol. The number of nitrogens with zero attached hydrogens (tertiary/aromatic N) is 1. The molecule has 0 aromatic heterocycles. The molecule has 2 aromatic rings. The Morgan fingerprint density at radius 1 is 1.09 bits per heavy atom. The predicted octanol–water partition coefficient (Wildman–Crippen LogP) is 3.48. The molecule has 2 N–H and O–H groups in total. The number of carbonyl (C=O) groups excluding carboxylic acids is 2. The van der Waals surface area contributed by atoms with Crippen LogP contribution in [0.3, 0.4) is 0 Å². The minimum Gasteiger partial charge on any atom is -0.480 e. The van der Waals surface area contributed by atoms with Crippen molar-refractivity contribution in [2.75, 3.05) is 20.2 Å². The van der Waals surface area contributed by atoms with Crippen molar-refractivity contribution in [2.45, 2.75) is 30.7 Å². The van der Waals surface area contributed by atoms with E-state index in [2.05, 4.69) is 5.32 Å². The largest absolute Gasteiger partial charge is 0.480 e. The van der Waals surface area contributed by atoms with Crippen LogP contribution in [0.25, 0.3) is 11.1 Å². The average Bonchev–Trinajstić information content (AvgIpc) is 3.57. The van der Waals surface area contributed by atoms with Crippen LogP contribution in [0.2, 0.25) is 0 Å². The standard InChI is InChI=1S/C24H24F2N2O5/c1-28(12-20(29)30)22(31)24(25,26)21(14-10-11-14)27-23(32)33-13-19-17-8-4-2-6-15(17)16-7-3-5-9-18(16)19/h2-9,14,19,21H,10-13H2,1H3,(H,27,32)(H,29,30). The summed E-state index contributed by atoms with van der Waals surface area (Å²) in [6.07, 6.45) is -0.179. The van der Waals surface area contributed by atoms with E-state index >= 15 is 0 Å². The number of halogens is 2. The first-order valence-electron chi connectivity index (χ1n) is 10.7. The summed E-state index contributed by atoms with van der Waals surface area (Å²) in [6.45, 7) is -0.910. The molecule has 2 amide bonds. The molecule has 174 valence electrons. The minimum absolute atomic E-state index is 0.0460. The molecule has 0 heterocycles. The smallest absolute Gasteiger partial charge is 0.407 e. The molecule has 4 rings (SSSR count). The van der Waals surface area contributed by atoms with E-state index in [1.165, 1.54) is 0 Å². The van der Waals surface area contributed by atoms with Gasteiger partial charge in [0.25, 0.3) is 5.91 Å². The van der Waals surface area contributed by atoms with Crippen molar-refractivity contribution < 1.29 is 33.0 Å². The third kappa shape index (κ3) is 4.53. The molecule has 1 fully saturated rings. The third-order valence-electron chi connectivity index (χ3n) is 6.11. The zero-order valence-electron chi connectivity index (χ0n) is 18.0. The van der Waals surface area contributed by atoms with Crippen molar-refractivity contribution >= 4 is 18.0 Å². The fraction of sp³-hybridized carbons (Fsp3) is 0.375. The summed E-state index contributed by atoms with van der Waals surface area (Å²) < 4.78 is 35.2. The highest BCUT2D eigenvalue weighted by Gasteiger charge is 2.55. The Labute approximate surface area is 189 Å². The van der Waals surface area contributed by atoms with E-state index in [4.69, 9.17) is 9.84 Å². The van der Waals surface area contributed by atoms with Gasteiger partial charge in [-0.2, -0.15) is 8.78 Å². The number of ether oxygens (including phenoxy) is 1. The Morgan fingerprint density at radius 3 is 2.15 bits per heavy atom. The van der Waals surface area contributed by atoms with E-state index in [0.717, 1.165) is 29.3 Å². The Bertz CT molecular complexity index is 1040. The summed E-state index contributed by atoms with van der Waals surface area (Å²) in [6, 6.07) is 13.7. The number of nitrogens with one attached hydrogen (secondary N) is 1. The summed E-state index contributed by atoms with van der Waals surface area (Å²) in [7, 11) is 0.988. The van der Waals surface area contributed by atoms with Gasteiger partial charge < -0.3 is 20.1 Å². The number of benzene rings is 2. The lowest BCUT2D eigenvalue weighted by atomic mass is 9.98. The molecule has 2 aliphatic carbocycles. The number of alkyl halides is 2. The van der Waals surface area contributed by atoms with Crippen LogP contribution in [0.4, 0.5) is 13.6 Å². The molecule has 33 heavy (non-hydrogen) atoms. The second kappa shape index (κ2) is 8.80. The summed E-state index contributed by atoms with van der Waals surface area (Å²) >= 11 is 0. The lowest BCUT2D eigenvalue weighted by molar-refractivity contribution is -0.164. The zero-order valence-corrected chi connectivity index (χ0v) is 18.0. The number of alkyl carbamates (subject to hydrolysis) is 1. The molecule has 1 atom stereocenters. The number of hydrogen-bond donors (Lipinski definition) is 2. The first-order valence-corrected chi connectivity index (χ1v) is 10.7. The topological polar surface area (TPSA) is 95.9 Å². The van der Waals surface area contributed by atoms with E-state index in [0.29, 0.717) is 17.7 Å². The van der Waals surface area contributed by atoms with E-state index in [1.54, 1.807) is 0 Å². The number of carbonyl (C=O) groups is 3. The maximum Gasteiger partial charge on any atom is 0.407 e. The SMILES string of the molecule is CN(CC(=O)O)C(=O)C(F)(F)C(NC(=O)OCC1c2ccccc2-c2ccccc21)C1CC1. The van der Waals surface area contributed by atoms with E-state index in [-0.39, 0.29) is 12.5 Å². The van der Waals surface area contributed by atoms with Gasteiger partial charge in [0.15, 0.2) is 0 Å². The van der Waals surface area contributed by atoms with Crippen molar-refractivity contribution in [2.24, 2.45) is 5.92 Å². The number of fused-ring (bicyclic) bond motifs is 3. The highest BCUT2D eigenvalue weighted by molar-refractivity contribution is 5.88. The molecule has 9 heteroatoms. The number of carboxylic acids is 1. The van der Waals surface area contributed by atoms with E-state index in [1.807, 2.05) is 48.5 Å². The molecular weight excluding hydrogens is 434 g/mol. The molecule has 0 radical (unpaired) electrons. The van der Waals surface area contributed by atoms with Crippen LogP contribution in [0.15, 0.2) is 48.5 Å². The Balaban J connectivity index is 1.44. The summed E-state index contributed by atoms with van der Waals surface area (Å²) in [4.78, 5) is 35.9. The summed E-state index contributed by atoms with van der Waals surface area (Å²) in [5.74, 6) is -7.83. The highest BCUT2D eigenvalue weighted by Crippen LogP contribution is 2.44. The van der Waals surface area contributed by atoms with Crippen molar-refractivity contribution in [1.82, 2.24) is 10.2 Å². The minimum atomic E-state index is -3.96. The number of rotatable bonds is 8. The van der Waals surface area contributed by atoms with Crippen molar-refractivity contribution in [3.05, 3.63) is 59.7 Å². The first kappa shape index (κ1) is 22.7. The van der Waals surface area contributed by atoms with Crippen LogP contribution in [0.1, 0.15) is 29.9 Å². The zero-order chi connectivity index (χ0) is 23.8. The second-order valence-corrected chi connectivity index (χ2v) is 8.46.